The molecule has 0 bridgehead atoms. The zero-order chi connectivity index (χ0) is 13.1. The zero-order valence-corrected chi connectivity index (χ0v) is 8.84. The van der Waals surface area contributed by atoms with Gasteiger partial charge in [0.2, 0.25) is 0 Å². The van der Waals surface area contributed by atoms with E-state index in [2.05, 4.69) is 0 Å². The molecule has 1 heterocycles. The maximum absolute atomic E-state index is 12.1. The van der Waals surface area contributed by atoms with Gasteiger partial charge in [-0.2, -0.15) is 13.2 Å². The van der Waals surface area contributed by atoms with Crippen LogP contribution in [-0.2, 0) is 14.3 Å². The molecule has 1 aliphatic rings. The van der Waals surface area contributed by atoms with Gasteiger partial charge in [0, 0.05) is 19.6 Å². The summed E-state index contributed by atoms with van der Waals surface area (Å²) in [7, 11) is 0. The Morgan fingerprint density at radius 2 is 1.88 bits per heavy atom. The third-order valence-corrected chi connectivity index (χ3v) is 2.59. The minimum atomic E-state index is -5.09. The predicted molar refractivity (Wildman–Crippen MR) is 49.2 cm³/mol. The zero-order valence-electron chi connectivity index (χ0n) is 8.84. The van der Waals surface area contributed by atoms with Crippen molar-refractivity contribution in [2.45, 2.75) is 31.0 Å². The molecule has 1 aliphatic heterocycles. The van der Waals surface area contributed by atoms with Crippen molar-refractivity contribution in [2.75, 3.05) is 13.2 Å². The van der Waals surface area contributed by atoms with Crippen molar-refractivity contribution in [3.63, 3.8) is 0 Å². The number of alkyl halides is 3. The number of aliphatic carboxylic acids is 1. The van der Waals surface area contributed by atoms with Gasteiger partial charge in [-0.3, -0.25) is 4.79 Å². The van der Waals surface area contributed by atoms with Crippen molar-refractivity contribution < 1.29 is 32.6 Å². The molecule has 0 saturated carbocycles. The average Bonchev–Trinajstić information content (AvgIpc) is 2.42. The van der Waals surface area contributed by atoms with Crippen LogP contribution in [0.5, 0.6) is 0 Å². The highest BCUT2D eigenvalue weighted by Crippen LogP contribution is 2.24. The number of carbonyl (C=O) groups excluding carboxylic acids is 1. The van der Waals surface area contributed by atoms with E-state index < -0.39 is 23.6 Å². The van der Waals surface area contributed by atoms with Crippen LogP contribution in [0.4, 0.5) is 13.2 Å². The molecule has 98 valence electrons. The van der Waals surface area contributed by atoms with Gasteiger partial charge < -0.3 is 15.2 Å². The number of rotatable bonds is 2. The van der Waals surface area contributed by atoms with E-state index in [-0.39, 0.29) is 32.5 Å². The van der Waals surface area contributed by atoms with E-state index in [1.54, 1.807) is 5.32 Å². The second kappa shape index (κ2) is 4.91. The standard InChI is InChI=1S/C9H12F3NO4/c10-9(11,12)6(14)13-8(7(15)16)2-1-4-17-5-3-8/h1-5H2,(H,13,14)(H,15,16). The molecule has 1 atom stereocenters. The Morgan fingerprint density at radius 3 is 2.41 bits per heavy atom. The van der Waals surface area contributed by atoms with Crippen LogP contribution in [0.25, 0.3) is 0 Å². The van der Waals surface area contributed by atoms with Crippen molar-refractivity contribution in [2.24, 2.45) is 0 Å². The number of ether oxygens (including phenoxy) is 1. The van der Waals surface area contributed by atoms with Gasteiger partial charge in [0.25, 0.3) is 0 Å². The van der Waals surface area contributed by atoms with E-state index in [0.29, 0.717) is 0 Å². The van der Waals surface area contributed by atoms with Gasteiger partial charge >= 0.3 is 18.1 Å². The fraction of sp³-hybridized carbons (Fsp3) is 0.778. The SMILES string of the molecule is O=C(NC1(C(=O)O)CCCOCC1)C(F)(F)F. The van der Waals surface area contributed by atoms with Crippen molar-refractivity contribution in [1.29, 1.82) is 0 Å². The number of nitrogens with one attached hydrogen (secondary N) is 1. The van der Waals surface area contributed by atoms with Crippen molar-refractivity contribution in [3.8, 4) is 0 Å². The Labute approximate surface area is 94.9 Å². The van der Waals surface area contributed by atoms with E-state index in [1.807, 2.05) is 0 Å². The average molecular weight is 255 g/mol. The van der Waals surface area contributed by atoms with Gasteiger partial charge in [-0.05, 0) is 12.8 Å². The molecule has 1 saturated heterocycles. The summed E-state index contributed by atoms with van der Waals surface area (Å²) in [6.07, 6.45) is -5.06. The van der Waals surface area contributed by atoms with Gasteiger partial charge in [-0.1, -0.05) is 0 Å². The quantitative estimate of drug-likeness (QED) is 0.761. The van der Waals surface area contributed by atoms with Crippen LogP contribution < -0.4 is 5.32 Å². The van der Waals surface area contributed by atoms with E-state index in [4.69, 9.17) is 9.84 Å². The summed E-state index contributed by atoms with van der Waals surface area (Å²) in [4.78, 5) is 21.9. The van der Waals surface area contributed by atoms with E-state index >= 15 is 0 Å². The number of carbonyl (C=O) groups is 2. The summed E-state index contributed by atoms with van der Waals surface area (Å²) in [6, 6.07) is 0. The van der Waals surface area contributed by atoms with Crippen LogP contribution in [0.3, 0.4) is 0 Å². The molecule has 1 unspecified atom stereocenters. The van der Waals surface area contributed by atoms with Crippen LogP contribution in [0, 0.1) is 0 Å². The Bertz CT molecular complexity index is 308. The van der Waals surface area contributed by atoms with E-state index in [1.165, 1.54) is 0 Å². The van der Waals surface area contributed by atoms with Crippen LogP contribution >= 0.6 is 0 Å². The molecule has 0 aromatic rings. The van der Waals surface area contributed by atoms with Crippen molar-refractivity contribution >= 4 is 11.9 Å². The van der Waals surface area contributed by atoms with Crippen LogP contribution in [0.2, 0.25) is 0 Å². The molecule has 2 N–H and O–H groups in total. The minimum absolute atomic E-state index is 0.00440. The lowest BCUT2D eigenvalue weighted by molar-refractivity contribution is -0.178. The molecule has 1 fully saturated rings. The summed E-state index contributed by atoms with van der Waals surface area (Å²) in [5.41, 5.74) is -1.89. The fourth-order valence-corrected chi connectivity index (χ4v) is 1.63. The van der Waals surface area contributed by atoms with Gasteiger partial charge in [0.05, 0.1) is 0 Å². The molecule has 0 aromatic heterocycles. The van der Waals surface area contributed by atoms with Gasteiger partial charge in [0.15, 0.2) is 0 Å². The number of halogens is 3. The molecule has 8 heteroatoms. The number of hydrogen-bond donors (Lipinski definition) is 2. The van der Waals surface area contributed by atoms with Crippen molar-refractivity contribution in [3.05, 3.63) is 0 Å². The highest BCUT2D eigenvalue weighted by molar-refractivity contribution is 5.89. The molecule has 0 aromatic carbocycles. The maximum Gasteiger partial charge on any atom is 0.471 e. The highest BCUT2D eigenvalue weighted by Gasteiger charge is 2.47. The summed E-state index contributed by atoms with van der Waals surface area (Å²) in [5.74, 6) is -3.71. The first kappa shape index (κ1) is 13.8. The first-order valence-electron chi connectivity index (χ1n) is 4.98. The third kappa shape index (κ3) is 3.32. The smallest absolute Gasteiger partial charge is 0.471 e. The predicted octanol–water partition coefficient (Wildman–Crippen LogP) is 0.689. The Morgan fingerprint density at radius 1 is 1.24 bits per heavy atom. The summed E-state index contributed by atoms with van der Waals surface area (Å²) in [6.45, 7) is 0.279. The first-order valence-corrected chi connectivity index (χ1v) is 4.98. The minimum Gasteiger partial charge on any atom is -0.480 e. The number of hydrogen-bond acceptors (Lipinski definition) is 3. The van der Waals surface area contributed by atoms with E-state index in [0.717, 1.165) is 0 Å². The molecular formula is C9H12F3NO4. The number of carboxylic acids is 1. The highest BCUT2D eigenvalue weighted by atomic mass is 19.4. The van der Waals surface area contributed by atoms with Crippen LogP contribution in [0.1, 0.15) is 19.3 Å². The van der Waals surface area contributed by atoms with Gasteiger partial charge in [0.1, 0.15) is 5.54 Å². The normalized spacial score (nSPS) is 26.1. The van der Waals surface area contributed by atoms with Crippen LogP contribution in [0.15, 0.2) is 0 Å². The first-order chi connectivity index (χ1) is 7.78. The summed E-state index contributed by atoms with van der Waals surface area (Å²) < 4.78 is 41.3. The molecular weight excluding hydrogens is 243 g/mol. The molecule has 1 rings (SSSR count). The van der Waals surface area contributed by atoms with Crippen LogP contribution in [-0.4, -0.2) is 41.9 Å². The second-order valence-corrected chi connectivity index (χ2v) is 3.81. The monoisotopic (exact) mass is 255 g/mol. The van der Waals surface area contributed by atoms with E-state index in [9.17, 15) is 22.8 Å². The molecule has 0 spiro atoms. The molecule has 5 nitrogen and oxygen atoms in total. The second-order valence-electron chi connectivity index (χ2n) is 3.81. The largest absolute Gasteiger partial charge is 0.480 e. The fourth-order valence-electron chi connectivity index (χ4n) is 1.63. The van der Waals surface area contributed by atoms with Gasteiger partial charge in [-0.15, -0.1) is 0 Å². The lowest BCUT2D eigenvalue weighted by atomic mass is 9.90. The molecule has 0 aliphatic carbocycles. The Balaban J connectivity index is 2.85. The van der Waals surface area contributed by atoms with Crippen molar-refractivity contribution in [1.82, 2.24) is 5.32 Å². The lowest BCUT2D eigenvalue weighted by Crippen LogP contribution is -2.57. The molecule has 0 radical (unpaired) electrons. The lowest BCUT2D eigenvalue weighted by Gasteiger charge is -2.28. The Hall–Kier alpha value is -1.31. The molecule has 1 amide bonds. The topological polar surface area (TPSA) is 75.6 Å². The van der Waals surface area contributed by atoms with Gasteiger partial charge in [-0.25, -0.2) is 4.79 Å². The maximum atomic E-state index is 12.1. The summed E-state index contributed by atoms with van der Waals surface area (Å²) in [5, 5.41) is 10.6. The number of amides is 1. The Kier molecular flexibility index (Phi) is 3.97. The summed E-state index contributed by atoms with van der Waals surface area (Å²) >= 11 is 0. The third-order valence-electron chi connectivity index (χ3n) is 2.59. The molecule has 17 heavy (non-hydrogen) atoms. The number of carboxylic acid groups (broad SMARTS) is 1.